The molecule has 0 saturated heterocycles. The van der Waals surface area contributed by atoms with Crippen molar-refractivity contribution in [2.45, 2.75) is 52.1 Å². The van der Waals surface area contributed by atoms with E-state index in [1.165, 1.54) is 0 Å². The lowest BCUT2D eigenvalue weighted by Gasteiger charge is -2.16. The zero-order valence-corrected chi connectivity index (χ0v) is 20.1. The number of carbonyl (C=O) groups excluding carboxylic acids is 1. The highest BCUT2D eigenvalue weighted by atomic mass is 16.5. The predicted octanol–water partition coefficient (Wildman–Crippen LogP) is 6.11. The van der Waals surface area contributed by atoms with Crippen molar-refractivity contribution in [2.24, 2.45) is 11.3 Å². The average Bonchev–Trinajstić information content (AvgIpc) is 3.39. The van der Waals surface area contributed by atoms with E-state index in [2.05, 4.69) is 36.8 Å². The highest BCUT2D eigenvalue weighted by Crippen LogP contribution is 2.64. The highest BCUT2D eigenvalue weighted by Gasteiger charge is 2.63. The molecule has 0 radical (unpaired) electrons. The molecule has 1 aliphatic carbocycles. The number of hydrogen-bond acceptors (Lipinski definition) is 6. The minimum Gasteiger partial charge on any atom is -0.457 e. The normalized spacial score (nSPS) is 19.5. The van der Waals surface area contributed by atoms with E-state index in [-0.39, 0.29) is 22.7 Å². The summed E-state index contributed by atoms with van der Waals surface area (Å²) < 4.78 is 11.5. The largest absolute Gasteiger partial charge is 0.457 e. The van der Waals surface area contributed by atoms with Gasteiger partial charge in [0.15, 0.2) is 0 Å². The zero-order valence-electron chi connectivity index (χ0n) is 20.1. The van der Waals surface area contributed by atoms with Gasteiger partial charge < -0.3 is 9.47 Å². The van der Waals surface area contributed by atoms with E-state index in [0.717, 1.165) is 11.4 Å². The Hall–Kier alpha value is -3.72. The number of ether oxygens (including phenoxy) is 2. The fourth-order valence-electron chi connectivity index (χ4n) is 4.31. The molecular weight excluding hydrogens is 426 g/mol. The molecule has 1 heterocycles. The Balaban J connectivity index is 1.47. The molecule has 6 heteroatoms. The second-order valence-corrected chi connectivity index (χ2v) is 10.3. The molecule has 174 valence electrons. The summed E-state index contributed by atoms with van der Waals surface area (Å²) in [5.41, 5.74) is 1.03. The standard InChI is InChI=1S/C28H29N3O3/c1-27(2,3)26-30-16-19(17-31-26)23-24(28(23,4)5)25(32)34-22(15-29)18-10-9-13-21(14-18)33-20-11-7-6-8-12-20/h6-14,16-17,22-24H,1-5H3/t22-,23-,24+/m0/s1. The molecule has 3 atom stereocenters. The summed E-state index contributed by atoms with van der Waals surface area (Å²) in [5, 5.41) is 9.74. The van der Waals surface area contributed by atoms with E-state index < -0.39 is 12.1 Å². The summed E-state index contributed by atoms with van der Waals surface area (Å²) in [5.74, 6) is 1.21. The van der Waals surface area contributed by atoms with Gasteiger partial charge in [-0.15, -0.1) is 0 Å². The lowest BCUT2D eigenvalue weighted by atomic mass is 9.95. The van der Waals surface area contributed by atoms with Crippen LogP contribution < -0.4 is 4.74 Å². The zero-order chi connectivity index (χ0) is 24.5. The van der Waals surface area contributed by atoms with Crippen molar-refractivity contribution in [1.82, 2.24) is 9.97 Å². The Morgan fingerprint density at radius 2 is 1.68 bits per heavy atom. The van der Waals surface area contributed by atoms with E-state index in [0.29, 0.717) is 17.1 Å². The minimum atomic E-state index is -1.02. The molecule has 0 aliphatic heterocycles. The molecule has 1 aromatic heterocycles. The first-order valence-corrected chi connectivity index (χ1v) is 11.4. The quantitative estimate of drug-likeness (QED) is 0.417. The third-order valence-electron chi connectivity index (χ3n) is 6.27. The molecular formula is C28H29N3O3. The van der Waals surface area contributed by atoms with Gasteiger partial charge in [-0.3, -0.25) is 4.79 Å². The van der Waals surface area contributed by atoms with Crippen LogP contribution in [0.25, 0.3) is 0 Å². The lowest BCUT2D eigenvalue weighted by Crippen LogP contribution is -2.16. The monoisotopic (exact) mass is 455 g/mol. The van der Waals surface area contributed by atoms with Crippen molar-refractivity contribution in [1.29, 1.82) is 5.26 Å². The third kappa shape index (κ3) is 4.79. The number of nitrogens with zero attached hydrogens (tertiary/aromatic N) is 3. The van der Waals surface area contributed by atoms with Crippen LogP contribution in [-0.2, 0) is 14.9 Å². The third-order valence-corrected chi connectivity index (χ3v) is 6.27. The molecule has 0 amide bonds. The van der Waals surface area contributed by atoms with Gasteiger partial charge in [-0.05, 0) is 35.2 Å². The number of nitriles is 1. The molecule has 1 aliphatic rings. The van der Waals surface area contributed by atoms with Crippen molar-refractivity contribution < 1.29 is 14.3 Å². The van der Waals surface area contributed by atoms with Gasteiger partial charge in [-0.1, -0.05) is 65.0 Å². The highest BCUT2D eigenvalue weighted by molar-refractivity contribution is 5.80. The summed E-state index contributed by atoms with van der Waals surface area (Å²) in [6.07, 6.45) is 2.59. The molecule has 0 N–H and O–H groups in total. The van der Waals surface area contributed by atoms with Gasteiger partial charge in [0.25, 0.3) is 0 Å². The second-order valence-electron chi connectivity index (χ2n) is 10.3. The molecule has 3 aromatic rings. The Morgan fingerprint density at radius 3 is 2.29 bits per heavy atom. The van der Waals surface area contributed by atoms with Crippen molar-refractivity contribution >= 4 is 5.97 Å². The van der Waals surface area contributed by atoms with Crippen LogP contribution in [-0.4, -0.2) is 15.9 Å². The van der Waals surface area contributed by atoms with Crippen LogP contribution in [0.2, 0.25) is 0 Å². The maximum Gasteiger partial charge on any atom is 0.311 e. The van der Waals surface area contributed by atoms with Gasteiger partial charge in [0.1, 0.15) is 23.4 Å². The maximum atomic E-state index is 13.1. The summed E-state index contributed by atoms with van der Waals surface area (Å²) in [7, 11) is 0. The van der Waals surface area contributed by atoms with Crippen LogP contribution in [0.3, 0.4) is 0 Å². The summed E-state index contributed by atoms with van der Waals surface area (Å²) in [6, 6.07) is 18.5. The molecule has 0 unspecified atom stereocenters. The van der Waals surface area contributed by atoms with Crippen molar-refractivity contribution in [3.63, 3.8) is 0 Å². The van der Waals surface area contributed by atoms with Crippen molar-refractivity contribution in [3.05, 3.63) is 83.9 Å². The lowest BCUT2D eigenvalue weighted by molar-refractivity contribution is -0.149. The van der Waals surface area contributed by atoms with E-state index in [9.17, 15) is 10.1 Å². The van der Waals surface area contributed by atoms with Crippen LogP contribution in [0.4, 0.5) is 0 Å². The summed E-state index contributed by atoms with van der Waals surface area (Å²) in [4.78, 5) is 22.1. The van der Waals surface area contributed by atoms with Gasteiger partial charge >= 0.3 is 5.97 Å². The predicted molar refractivity (Wildman–Crippen MR) is 128 cm³/mol. The van der Waals surface area contributed by atoms with Gasteiger partial charge in [-0.25, -0.2) is 9.97 Å². The molecule has 1 fully saturated rings. The molecule has 0 bridgehead atoms. The van der Waals surface area contributed by atoms with Crippen LogP contribution in [0, 0.1) is 22.7 Å². The maximum absolute atomic E-state index is 13.1. The molecule has 34 heavy (non-hydrogen) atoms. The average molecular weight is 456 g/mol. The number of esters is 1. The summed E-state index contributed by atoms with van der Waals surface area (Å²) >= 11 is 0. The van der Waals surface area contributed by atoms with Crippen LogP contribution in [0.1, 0.15) is 63.6 Å². The van der Waals surface area contributed by atoms with E-state index in [1.807, 2.05) is 44.2 Å². The first-order valence-electron chi connectivity index (χ1n) is 11.4. The van der Waals surface area contributed by atoms with E-state index in [1.54, 1.807) is 36.7 Å². The fourth-order valence-corrected chi connectivity index (χ4v) is 4.31. The van der Waals surface area contributed by atoms with Gasteiger partial charge in [0.05, 0.1) is 5.92 Å². The topological polar surface area (TPSA) is 85.1 Å². The van der Waals surface area contributed by atoms with Crippen LogP contribution >= 0.6 is 0 Å². The van der Waals surface area contributed by atoms with Gasteiger partial charge in [0, 0.05) is 29.3 Å². The number of carbonyl (C=O) groups is 1. The molecule has 6 nitrogen and oxygen atoms in total. The van der Waals surface area contributed by atoms with E-state index in [4.69, 9.17) is 9.47 Å². The minimum absolute atomic E-state index is 0.0545. The van der Waals surface area contributed by atoms with Crippen molar-refractivity contribution in [2.75, 3.05) is 0 Å². The Bertz CT molecular complexity index is 1210. The van der Waals surface area contributed by atoms with Crippen LogP contribution in [0.5, 0.6) is 11.5 Å². The van der Waals surface area contributed by atoms with E-state index >= 15 is 0 Å². The van der Waals surface area contributed by atoms with Gasteiger partial charge in [0.2, 0.25) is 6.10 Å². The SMILES string of the molecule is CC(C)(C)c1ncc([C@H]2[C@H](C(=O)O[C@@H](C#N)c3cccc(Oc4ccccc4)c3)C2(C)C)cn1. The van der Waals surface area contributed by atoms with Crippen molar-refractivity contribution in [3.8, 4) is 17.6 Å². The smallest absolute Gasteiger partial charge is 0.311 e. The van der Waals surface area contributed by atoms with Gasteiger partial charge in [-0.2, -0.15) is 5.26 Å². The first-order chi connectivity index (χ1) is 16.1. The molecule has 2 aromatic carbocycles. The number of benzene rings is 2. The van der Waals surface area contributed by atoms with Crippen LogP contribution in [0.15, 0.2) is 67.0 Å². The number of para-hydroxylation sites is 1. The second kappa shape index (κ2) is 8.90. The Kier molecular flexibility index (Phi) is 6.14. The number of aromatic nitrogens is 2. The fraction of sp³-hybridized carbons (Fsp3) is 0.357. The Labute approximate surface area is 200 Å². The summed E-state index contributed by atoms with van der Waals surface area (Å²) in [6.45, 7) is 10.2. The molecule has 1 saturated carbocycles. The molecule has 0 spiro atoms. The Morgan fingerprint density at radius 1 is 1.03 bits per heavy atom. The number of hydrogen-bond donors (Lipinski definition) is 0. The molecule has 4 rings (SSSR count). The number of rotatable bonds is 6. The first kappa shape index (κ1) is 23.4.